The quantitative estimate of drug-likeness (QED) is 0.539. The van der Waals surface area contributed by atoms with Gasteiger partial charge in [-0.15, -0.1) is 0 Å². The molecule has 0 unspecified atom stereocenters. The van der Waals surface area contributed by atoms with E-state index in [0.717, 1.165) is 34.5 Å². The number of benzene rings is 2. The summed E-state index contributed by atoms with van der Waals surface area (Å²) in [4.78, 5) is 0. The summed E-state index contributed by atoms with van der Waals surface area (Å²) < 4.78 is 12.9. The number of aryl methyl sites for hydroxylation is 1. The van der Waals surface area contributed by atoms with E-state index in [0.29, 0.717) is 13.2 Å². The molecule has 4 heteroatoms. The summed E-state index contributed by atoms with van der Waals surface area (Å²) in [5.41, 5.74) is 3.66. The van der Waals surface area contributed by atoms with E-state index in [1.54, 1.807) is 0 Å². The zero-order valence-electron chi connectivity index (χ0n) is 16.5. The largest absolute Gasteiger partial charge is 0.490 e. The number of ether oxygens (including phenoxy) is 2. The molecular formula is C22H30BrNO2. The molecular weight excluding hydrogens is 390 g/mol. The van der Waals surface area contributed by atoms with Gasteiger partial charge < -0.3 is 14.8 Å². The molecule has 0 aliphatic rings. The lowest BCUT2D eigenvalue weighted by Crippen LogP contribution is -2.37. The Labute approximate surface area is 166 Å². The van der Waals surface area contributed by atoms with Gasteiger partial charge in [-0.05, 0) is 73.3 Å². The molecule has 0 fully saturated rings. The van der Waals surface area contributed by atoms with Crippen molar-refractivity contribution in [2.75, 3.05) is 6.61 Å². The fourth-order valence-corrected chi connectivity index (χ4v) is 3.15. The molecule has 0 amide bonds. The summed E-state index contributed by atoms with van der Waals surface area (Å²) in [7, 11) is 0. The van der Waals surface area contributed by atoms with Crippen LogP contribution in [0.4, 0.5) is 0 Å². The summed E-state index contributed by atoms with van der Waals surface area (Å²) in [5, 5.41) is 3.59. The number of rotatable bonds is 9. The molecule has 0 spiro atoms. The summed E-state index contributed by atoms with van der Waals surface area (Å²) in [6.45, 7) is 12.6. The Morgan fingerprint density at radius 3 is 2.46 bits per heavy atom. The molecule has 0 aromatic heterocycles. The van der Waals surface area contributed by atoms with E-state index in [-0.39, 0.29) is 5.54 Å². The molecule has 0 saturated carbocycles. The van der Waals surface area contributed by atoms with Crippen LogP contribution in [0.3, 0.4) is 0 Å². The molecule has 0 radical (unpaired) electrons. The molecule has 1 N–H and O–H groups in total. The van der Waals surface area contributed by atoms with Crippen LogP contribution in [0.25, 0.3) is 0 Å². The van der Waals surface area contributed by atoms with E-state index >= 15 is 0 Å². The summed E-state index contributed by atoms with van der Waals surface area (Å²) in [6, 6.07) is 12.5. The van der Waals surface area contributed by atoms with Crippen LogP contribution in [0.15, 0.2) is 40.9 Å². The third-order valence-corrected chi connectivity index (χ3v) is 5.08. The predicted molar refractivity (Wildman–Crippen MR) is 112 cm³/mol. The van der Waals surface area contributed by atoms with Gasteiger partial charge in [-0.1, -0.05) is 36.8 Å². The van der Waals surface area contributed by atoms with Gasteiger partial charge in [-0.25, -0.2) is 0 Å². The highest BCUT2D eigenvalue weighted by molar-refractivity contribution is 9.10. The van der Waals surface area contributed by atoms with Gasteiger partial charge in [0, 0.05) is 12.1 Å². The smallest absolute Gasteiger partial charge is 0.175 e. The van der Waals surface area contributed by atoms with Crippen LogP contribution in [-0.4, -0.2) is 12.1 Å². The maximum atomic E-state index is 6.09. The average Bonchev–Trinajstić information content (AvgIpc) is 2.60. The van der Waals surface area contributed by atoms with E-state index in [4.69, 9.17) is 9.47 Å². The van der Waals surface area contributed by atoms with Crippen molar-refractivity contribution in [2.45, 2.75) is 59.7 Å². The van der Waals surface area contributed by atoms with Crippen molar-refractivity contribution < 1.29 is 9.47 Å². The normalized spacial score (nSPS) is 11.5. The van der Waals surface area contributed by atoms with Gasteiger partial charge in [0.2, 0.25) is 0 Å². The van der Waals surface area contributed by atoms with E-state index in [9.17, 15) is 0 Å². The van der Waals surface area contributed by atoms with E-state index in [1.165, 1.54) is 11.1 Å². The van der Waals surface area contributed by atoms with Gasteiger partial charge >= 0.3 is 0 Å². The van der Waals surface area contributed by atoms with Gasteiger partial charge in [0.1, 0.15) is 6.61 Å². The minimum Gasteiger partial charge on any atom is -0.490 e. The first-order valence-corrected chi connectivity index (χ1v) is 10.0. The van der Waals surface area contributed by atoms with Crippen molar-refractivity contribution in [3.8, 4) is 11.5 Å². The Morgan fingerprint density at radius 2 is 1.81 bits per heavy atom. The second-order valence-corrected chi connectivity index (χ2v) is 8.06. The average molecular weight is 420 g/mol. The molecule has 2 aromatic carbocycles. The highest BCUT2D eigenvalue weighted by Crippen LogP contribution is 2.37. The molecule has 2 aromatic rings. The second-order valence-electron chi connectivity index (χ2n) is 7.21. The summed E-state index contributed by atoms with van der Waals surface area (Å²) >= 11 is 3.66. The van der Waals surface area contributed by atoms with E-state index in [2.05, 4.69) is 85.3 Å². The number of nitrogens with one attached hydrogen (secondary N) is 1. The van der Waals surface area contributed by atoms with Crippen molar-refractivity contribution in [1.82, 2.24) is 5.32 Å². The topological polar surface area (TPSA) is 30.5 Å². The van der Waals surface area contributed by atoms with Crippen molar-refractivity contribution in [3.63, 3.8) is 0 Å². The minimum atomic E-state index is 0.110. The van der Waals surface area contributed by atoms with Crippen molar-refractivity contribution in [2.24, 2.45) is 0 Å². The molecule has 0 heterocycles. The lowest BCUT2D eigenvalue weighted by atomic mass is 10.0. The third-order valence-electron chi connectivity index (χ3n) is 4.49. The monoisotopic (exact) mass is 419 g/mol. The van der Waals surface area contributed by atoms with Gasteiger partial charge in [0.05, 0.1) is 11.1 Å². The molecule has 0 atom stereocenters. The van der Waals surface area contributed by atoms with Crippen molar-refractivity contribution in [1.29, 1.82) is 0 Å². The lowest BCUT2D eigenvalue weighted by Gasteiger charge is -2.25. The lowest BCUT2D eigenvalue weighted by molar-refractivity contribution is 0.267. The zero-order chi connectivity index (χ0) is 19.2. The van der Waals surface area contributed by atoms with Gasteiger partial charge in [0.15, 0.2) is 11.5 Å². The van der Waals surface area contributed by atoms with Crippen LogP contribution >= 0.6 is 15.9 Å². The Morgan fingerprint density at radius 1 is 1.04 bits per heavy atom. The Bertz CT molecular complexity index is 728. The first kappa shape index (κ1) is 20.8. The first-order chi connectivity index (χ1) is 12.3. The SMILES string of the molecule is CCOc1cc(CNC(C)(C)CC)cc(Br)c1OCc1cccc(C)c1. The third kappa shape index (κ3) is 6.03. The van der Waals surface area contributed by atoms with E-state index in [1.807, 2.05) is 6.92 Å². The van der Waals surface area contributed by atoms with E-state index < -0.39 is 0 Å². The van der Waals surface area contributed by atoms with Crippen LogP contribution in [0.2, 0.25) is 0 Å². The fourth-order valence-electron chi connectivity index (χ4n) is 2.55. The highest BCUT2D eigenvalue weighted by Gasteiger charge is 2.16. The molecule has 2 rings (SSSR count). The number of hydrogen-bond donors (Lipinski definition) is 1. The van der Waals surface area contributed by atoms with Crippen LogP contribution in [-0.2, 0) is 13.2 Å². The van der Waals surface area contributed by atoms with Crippen molar-refractivity contribution >= 4 is 15.9 Å². The predicted octanol–water partition coefficient (Wildman–Crippen LogP) is 6.01. The Kier molecular flexibility index (Phi) is 7.54. The molecule has 0 bridgehead atoms. The minimum absolute atomic E-state index is 0.110. The molecule has 0 saturated heterocycles. The summed E-state index contributed by atoms with van der Waals surface area (Å²) in [6.07, 6.45) is 1.07. The van der Waals surface area contributed by atoms with Crippen LogP contribution in [0.1, 0.15) is 50.8 Å². The maximum absolute atomic E-state index is 6.09. The number of halogens is 1. The highest BCUT2D eigenvalue weighted by atomic mass is 79.9. The van der Waals surface area contributed by atoms with Gasteiger partial charge in [0.25, 0.3) is 0 Å². The Hall–Kier alpha value is -1.52. The standard InChI is InChI=1S/C22H30BrNO2/c1-6-22(4,5)24-14-18-12-19(23)21(20(13-18)25-7-2)26-15-17-10-8-9-16(3)11-17/h8-13,24H,6-7,14-15H2,1-5H3. The molecule has 142 valence electrons. The van der Waals surface area contributed by atoms with Crippen molar-refractivity contribution in [3.05, 3.63) is 57.6 Å². The second kappa shape index (κ2) is 9.43. The molecule has 26 heavy (non-hydrogen) atoms. The van der Waals surface area contributed by atoms with Crippen LogP contribution < -0.4 is 14.8 Å². The Balaban J connectivity index is 2.17. The number of hydrogen-bond acceptors (Lipinski definition) is 3. The molecule has 0 aliphatic heterocycles. The van der Waals surface area contributed by atoms with Gasteiger partial charge in [-0.2, -0.15) is 0 Å². The van der Waals surface area contributed by atoms with Crippen LogP contribution in [0, 0.1) is 6.92 Å². The van der Waals surface area contributed by atoms with Gasteiger partial charge in [-0.3, -0.25) is 0 Å². The molecule has 0 aliphatic carbocycles. The van der Waals surface area contributed by atoms with Crippen LogP contribution in [0.5, 0.6) is 11.5 Å². The maximum Gasteiger partial charge on any atom is 0.175 e. The first-order valence-electron chi connectivity index (χ1n) is 9.23. The fraction of sp³-hybridized carbons (Fsp3) is 0.455. The molecule has 3 nitrogen and oxygen atoms in total. The summed E-state index contributed by atoms with van der Waals surface area (Å²) in [5.74, 6) is 1.53. The zero-order valence-corrected chi connectivity index (χ0v) is 18.1.